The Morgan fingerprint density at radius 2 is 2.00 bits per heavy atom. The molecule has 4 heterocycles. The van der Waals surface area contributed by atoms with Crippen LogP contribution in [0.1, 0.15) is 44.2 Å². The first kappa shape index (κ1) is 24.0. The SMILES string of the molecule is COc1ccc2occ([C@H]3C4=C(CN(C(C)=O)C4=O)Nc4cccc5c4c3cn5CCC(C)C)c(=O)c2c1. The fraction of sp³-hybridized carbons (Fsp3) is 0.300. The fourth-order valence-electron chi connectivity index (χ4n) is 5.63. The van der Waals surface area contributed by atoms with Crippen LogP contribution in [0, 0.1) is 5.92 Å². The Morgan fingerprint density at radius 1 is 1.18 bits per heavy atom. The van der Waals surface area contributed by atoms with E-state index in [-0.39, 0.29) is 17.9 Å². The molecule has 0 saturated carbocycles. The molecule has 0 bridgehead atoms. The van der Waals surface area contributed by atoms with E-state index in [2.05, 4.69) is 36.0 Å². The molecule has 2 aromatic heterocycles. The minimum atomic E-state index is -0.715. The molecule has 0 saturated heterocycles. The molecule has 6 rings (SSSR count). The monoisotopic (exact) mass is 511 g/mol. The van der Waals surface area contributed by atoms with Crippen LogP contribution in [0.2, 0.25) is 0 Å². The van der Waals surface area contributed by atoms with Crippen LogP contribution >= 0.6 is 0 Å². The van der Waals surface area contributed by atoms with Crippen LogP contribution in [0.15, 0.2) is 69.3 Å². The van der Waals surface area contributed by atoms with E-state index in [1.165, 1.54) is 18.1 Å². The molecule has 2 aliphatic rings. The zero-order valence-electron chi connectivity index (χ0n) is 21.8. The summed E-state index contributed by atoms with van der Waals surface area (Å²) in [5, 5.41) is 4.79. The van der Waals surface area contributed by atoms with Gasteiger partial charge in [0, 0.05) is 42.0 Å². The van der Waals surface area contributed by atoms with Gasteiger partial charge in [-0.1, -0.05) is 19.9 Å². The molecular formula is C30H29N3O5. The molecule has 8 heteroatoms. The minimum absolute atomic E-state index is 0.126. The number of ether oxygens (including phenoxy) is 1. The van der Waals surface area contributed by atoms with E-state index in [9.17, 15) is 14.4 Å². The quantitative estimate of drug-likeness (QED) is 0.405. The normalized spacial score (nSPS) is 16.8. The van der Waals surface area contributed by atoms with Gasteiger partial charge in [0.1, 0.15) is 11.3 Å². The second-order valence-corrected chi connectivity index (χ2v) is 10.4. The van der Waals surface area contributed by atoms with Crippen molar-refractivity contribution in [3.05, 3.63) is 81.5 Å². The Balaban J connectivity index is 1.64. The molecule has 8 nitrogen and oxygen atoms in total. The van der Waals surface area contributed by atoms with Crippen molar-refractivity contribution in [3.8, 4) is 5.75 Å². The summed E-state index contributed by atoms with van der Waals surface area (Å²) in [4.78, 5) is 41.3. The van der Waals surface area contributed by atoms with Crippen LogP contribution in [0.3, 0.4) is 0 Å². The van der Waals surface area contributed by atoms with Gasteiger partial charge in [0.25, 0.3) is 5.91 Å². The number of aromatic nitrogens is 1. The van der Waals surface area contributed by atoms with Crippen LogP contribution in [0.4, 0.5) is 5.69 Å². The van der Waals surface area contributed by atoms with Gasteiger partial charge in [0.15, 0.2) is 5.43 Å². The average molecular weight is 512 g/mol. The zero-order valence-corrected chi connectivity index (χ0v) is 21.8. The second kappa shape index (κ2) is 8.90. The number of amides is 2. The van der Waals surface area contributed by atoms with Crippen molar-refractivity contribution < 1.29 is 18.7 Å². The van der Waals surface area contributed by atoms with Crippen LogP contribution in [-0.4, -0.2) is 34.9 Å². The number of methoxy groups -OCH3 is 1. The Kier molecular flexibility index (Phi) is 5.63. The number of rotatable bonds is 5. The highest BCUT2D eigenvalue weighted by Crippen LogP contribution is 2.46. The van der Waals surface area contributed by atoms with Gasteiger partial charge >= 0.3 is 0 Å². The summed E-state index contributed by atoms with van der Waals surface area (Å²) < 4.78 is 13.5. The first-order valence-corrected chi connectivity index (χ1v) is 12.8. The highest BCUT2D eigenvalue weighted by Gasteiger charge is 2.42. The van der Waals surface area contributed by atoms with E-state index in [0.29, 0.717) is 39.5 Å². The van der Waals surface area contributed by atoms with Crippen LogP contribution in [0.25, 0.3) is 21.9 Å². The maximum Gasteiger partial charge on any atom is 0.259 e. The highest BCUT2D eigenvalue weighted by atomic mass is 16.5. The minimum Gasteiger partial charge on any atom is -0.497 e. The molecule has 38 heavy (non-hydrogen) atoms. The van der Waals surface area contributed by atoms with Crippen molar-refractivity contribution in [2.75, 3.05) is 19.0 Å². The summed E-state index contributed by atoms with van der Waals surface area (Å²) >= 11 is 0. The predicted molar refractivity (Wildman–Crippen MR) is 145 cm³/mol. The van der Waals surface area contributed by atoms with E-state index >= 15 is 0 Å². The number of imide groups is 1. The van der Waals surface area contributed by atoms with Gasteiger partial charge in [-0.3, -0.25) is 19.3 Å². The molecule has 0 radical (unpaired) electrons. The summed E-state index contributed by atoms with van der Waals surface area (Å²) in [6.07, 6.45) is 4.49. The Morgan fingerprint density at radius 3 is 2.74 bits per heavy atom. The average Bonchev–Trinajstić information content (AvgIpc) is 3.38. The topological polar surface area (TPSA) is 93.8 Å². The lowest BCUT2D eigenvalue weighted by Gasteiger charge is -2.19. The number of benzene rings is 2. The van der Waals surface area contributed by atoms with E-state index in [1.54, 1.807) is 25.3 Å². The van der Waals surface area contributed by atoms with E-state index in [1.807, 2.05) is 12.1 Å². The van der Waals surface area contributed by atoms with Crippen molar-refractivity contribution in [2.24, 2.45) is 5.92 Å². The number of hydrogen-bond donors (Lipinski definition) is 1. The van der Waals surface area contributed by atoms with Gasteiger partial charge in [0.05, 0.1) is 42.3 Å². The van der Waals surface area contributed by atoms with Crippen LogP contribution < -0.4 is 15.5 Å². The third-order valence-corrected chi connectivity index (χ3v) is 7.58. The summed E-state index contributed by atoms with van der Waals surface area (Å²) in [6, 6.07) is 11.1. The van der Waals surface area contributed by atoms with Gasteiger partial charge in [-0.25, -0.2) is 0 Å². The fourth-order valence-corrected chi connectivity index (χ4v) is 5.63. The van der Waals surface area contributed by atoms with E-state index in [4.69, 9.17) is 9.15 Å². The number of carbonyl (C=O) groups is 2. The predicted octanol–water partition coefficient (Wildman–Crippen LogP) is 5.00. The standard InChI is InChI=1S/C30H29N3O5/c1-16(2)10-11-32-13-20-26(21-15-38-25-9-8-18(37-4)12-19(25)29(21)35)28-23(14-33(17(3)34)30(28)36)31-22-6-5-7-24(32)27(20)22/h5-9,12-13,15-16,26,31H,10-11,14H2,1-4H3/t26-/m0/s1. The summed E-state index contributed by atoms with van der Waals surface area (Å²) in [6.45, 7) is 6.67. The number of nitrogens with one attached hydrogen (secondary N) is 1. The largest absolute Gasteiger partial charge is 0.497 e. The molecule has 0 aliphatic carbocycles. The van der Waals surface area contributed by atoms with Gasteiger partial charge < -0.3 is 19.0 Å². The number of nitrogens with zero attached hydrogens (tertiary/aromatic N) is 2. The van der Waals surface area contributed by atoms with Gasteiger partial charge in [0.2, 0.25) is 5.91 Å². The third-order valence-electron chi connectivity index (χ3n) is 7.58. The summed E-state index contributed by atoms with van der Waals surface area (Å²) in [5.74, 6) is -0.402. The maximum absolute atomic E-state index is 14.0. The lowest BCUT2D eigenvalue weighted by molar-refractivity contribution is -0.139. The van der Waals surface area contributed by atoms with Gasteiger partial charge in [-0.05, 0) is 48.2 Å². The molecule has 2 aromatic carbocycles. The summed E-state index contributed by atoms with van der Waals surface area (Å²) in [7, 11) is 1.54. The van der Waals surface area contributed by atoms with E-state index in [0.717, 1.165) is 35.1 Å². The van der Waals surface area contributed by atoms with Crippen molar-refractivity contribution in [1.82, 2.24) is 9.47 Å². The first-order valence-electron chi connectivity index (χ1n) is 12.8. The first-order chi connectivity index (χ1) is 18.3. The lowest BCUT2D eigenvalue weighted by atomic mass is 9.84. The van der Waals surface area contributed by atoms with Crippen molar-refractivity contribution >= 4 is 39.4 Å². The number of hydrogen-bond acceptors (Lipinski definition) is 6. The number of anilines is 1. The zero-order chi connectivity index (χ0) is 26.7. The van der Waals surface area contributed by atoms with Gasteiger partial charge in [-0.2, -0.15) is 0 Å². The summed E-state index contributed by atoms with van der Waals surface area (Å²) in [5.41, 5.74) is 4.28. The van der Waals surface area contributed by atoms with Gasteiger partial charge in [-0.15, -0.1) is 0 Å². The number of carbonyl (C=O) groups excluding carboxylic acids is 2. The van der Waals surface area contributed by atoms with Crippen molar-refractivity contribution in [3.63, 3.8) is 0 Å². The Labute approximate surface area is 219 Å². The highest BCUT2D eigenvalue weighted by molar-refractivity contribution is 6.11. The molecule has 0 unspecified atom stereocenters. The Bertz CT molecular complexity index is 1730. The second-order valence-electron chi connectivity index (χ2n) is 10.4. The van der Waals surface area contributed by atoms with Crippen LogP contribution in [-0.2, 0) is 16.1 Å². The molecule has 0 fully saturated rings. The smallest absolute Gasteiger partial charge is 0.259 e. The molecule has 0 spiro atoms. The van der Waals surface area contributed by atoms with Crippen molar-refractivity contribution in [1.29, 1.82) is 0 Å². The Hall–Kier alpha value is -4.33. The molecule has 4 aromatic rings. The molecule has 2 amide bonds. The molecule has 1 atom stereocenters. The lowest BCUT2D eigenvalue weighted by Crippen LogP contribution is -2.33. The molecular weight excluding hydrogens is 482 g/mol. The third kappa shape index (κ3) is 3.62. The van der Waals surface area contributed by atoms with Crippen molar-refractivity contribution in [2.45, 2.75) is 39.7 Å². The molecule has 194 valence electrons. The number of aryl methyl sites for hydroxylation is 1. The number of fused-ring (bicyclic) bond motifs is 1. The maximum atomic E-state index is 14.0. The molecule has 1 N–H and O–H groups in total. The van der Waals surface area contributed by atoms with Crippen LogP contribution in [0.5, 0.6) is 5.75 Å². The molecule has 2 aliphatic heterocycles. The van der Waals surface area contributed by atoms with E-state index < -0.39 is 11.8 Å².